The minimum Gasteiger partial charge on any atom is -0.388 e. The average Bonchev–Trinajstić information content (AvgIpc) is 2.89. The lowest BCUT2D eigenvalue weighted by atomic mass is 9.94. The predicted octanol–water partition coefficient (Wildman–Crippen LogP) is -0.238. The van der Waals surface area contributed by atoms with Crippen LogP contribution in [0, 0.1) is 0 Å². The Morgan fingerprint density at radius 3 is 3.00 bits per heavy atom. The van der Waals surface area contributed by atoms with Gasteiger partial charge in [0.2, 0.25) is 0 Å². The second kappa shape index (κ2) is 5.69. The van der Waals surface area contributed by atoms with Crippen LogP contribution >= 0.6 is 11.8 Å². The molecule has 3 rings (SSSR count). The highest BCUT2D eigenvalue weighted by Crippen LogP contribution is 2.34. The lowest BCUT2D eigenvalue weighted by Crippen LogP contribution is -2.59. The van der Waals surface area contributed by atoms with Gasteiger partial charge in [-0.05, 0) is 11.6 Å². The van der Waals surface area contributed by atoms with Crippen molar-refractivity contribution in [3.8, 4) is 0 Å². The van der Waals surface area contributed by atoms with Gasteiger partial charge in [0.05, 0.1) is 12.1 Å². The normalized spacial score (nSPS) is 38.5. The highest BCUT2D eigenvalue weighted by atomic mass is 32.2. The fourth-order valence-electron chi connectivity index (χ4n) is 2.51. The van der Waals surface area contributed by atoms with Gasteiger partial charge in [-0.2, -0.15) is 0 Å². The third kappa shape index (κ3) is 2.54. The van der Waals surface area contributed by atoms with Gasteiger partial charge < -0.3 is 20.3 Å². The predicted molar refractivity (Wildman–Crippen MR) is 76.5 cm³/mol. The molecular weight excluding hydrogens is 278 g/mol. The molecule has 0 radical (unpaired) electrons. The molecule has 0 bridgehead atoms. The van der Waals surface area contributed by atoms with Crippen LogP contribution in [-0.2, 0) is 11.2 Å². The summed E-state index contributed by atoms with van der Waals surface area (Å²) in [5.74, 6) is 0. The number of thioether (sulfide) groups is 1. The van der Waals surface area contributed by atoms with Gasteiger partial charge in [-0.1, -0.05) is 17.8 Å². The third-order valence-corrected chi connectivity index (χ3v) is 4.74. The van der Waals surface area contributed by atoms with Crippen molar-refractivity contribution >= 4 is 16.9 Å². The van der Waals surface area contributed by atoms with Crippen molar-refractivity contribution in [3.63, 3.8) is 0 Å². The zero-order chi connectivity index (χ0) is 14.1. The number of nitrogens with one attached hydrogen (secondary N) is 1. The molecule has 2 aliphatic rings. The number of ether oxygens (including phenoxy) is 1. The summed E-state index contributed by atoms with van der Waals surface area (Å²) in [6.07, 6.45) is 1.72. The number of amidine groups is 1. The second-order valence-electron chi connectivity index (χ2n) is 4.91. The maximum absolute atomic E-state index is 10.2. The molecule has 5 atom stereocenters. The SMILES string of the molecule is CN=C1N[C@@H]2[C@@H](O)[C@H](O)[C@@H](Cc3cccnc3)O[C@@H]2S1. The van der Waals surface area contributed by atoms with Crippen molar-refractivity contribution in [1.82, 2.24) is 10.3 Å². The Morgan fingerprint density at radius 2 is 2.30 bits per heavy atom. The van der Waals surface area contributed by atoms with E-state index in [0.717, 1.165) is 10.7 Å². The molecule has 2 fully saturated rings. The summed E-state index contributed by atoms with van der Waals surface area (Å²) in [7, 11) is 1.68. The zero-order valence-electron chi connectivity index (χ0n) is 11.0. The summed E-state index contributed by atoms with van der Waals surface area (Å²) >= 11 is 1.44. The first-order valence-corrected chi connectivity index (χ1v) is 7.37. The van der Waals surface area contributed by atoms with Crippen LogP contribution in [0.25, 0.3) is 0 Å². The van der Waals surface area contributed by atoms with E-state index in [-0.39, 0.29) is 11.5 Å². The Kier molecular flexibility index (Phi) is 3.93. The molecule has 0 aliphatic carbocycles. The fraction of sp³-hybridized carbons (Fsp3) is 0.538. The maximum atomic E-state index is 10.2. The van der Waals surface area contributed by atoms with Crippen molar-refractivity contribution in [3.05, 3.63) is 30.1 Å². The number of hydrogen-bond acceptors (Lipinski definition) is 6. The van der Waals surface area contributed by atoms with Gasteiger partial charge >= 0.3 is 0 Å². The molecule has 0 aromatic carbocycles. The lowest BCUT2D eigenvalue weighted by Gasteiger charge is -2.39. The zero-order valence-corrected chi connectivity index (χ0v) is 11.8. The maximum Gasteiger partial charge on any atom is 0.159 e. The molecule has 0 saturated carbocycles. The molecule has 0 spiro atoms. The van der Waals surface area contributed by atoms with Crippen LogP contribution in [0.3, 0.4) is 0 Å². The number of aliphatic hydroxyl groups is 2. The molecular formula is C13H17N3O3S. The summed E-state index contributed by atoms with van der Waals surface area (Å²) in [5, 5.41) is 24.3. The Balaban J connectivity index is 1.74. The summed E-state index contributed by atoms with van der Waals surface area (Å²) in [6, 6.07) is 3.46. The number of rotatable bonds is 2. The van der Waals surface area contributed by atoms with Crippen LogP contribution < -0.4 is 5.32 Å². The smallest absolute Gasteiger partial charge is 0.159 e. The van der Waals surface area contributed by atoms with E-state index in [2.05, 4.69) is 15.3 Å². The number of fused-ring (bicyclic) bond motifs is 1. The van der Waals surface area contributed by atoms with Crippen LogP contribution in [0.4, 0.5) is 0 Å². The largest absolute Gasteiger partial charge is 0.388 e. The summed E-state index contributed by atoms with van der Waals surface area (Å²) in [6.45, 7) is 0. The summed E-state index contributed by atoms with van der Waals surface area (Å²) in [5.41, 5.74) is 0.747. The van der Waals surface area contributed by atoms with Gasteiger partial charge in [0.1, 0.15) is 17.6 Å². The molecule has 20 heavy (non-hydrogen) atoms. The molecule has 3 heterocycles. The van der Waals surface area contributed by atoms with E-state index in [0.29, 0.717) is 6.42 Å². The topological polar surface area (TPSA) is 87.0 Å². The highest BCUT2D eigenvalue weighted by molar-refractivity contribution is 8.14. The van der Waals surface area contributed by atoms with Crippen LogP contribution in [0.5, 0.6) is 0 Å². The van der Waals surface area contributed by atoms with E-state index in [9.17, 15) is 10.2 Å². The van der Waals surface area contributed by atoms with E-state index >= 15 is 0 Å². The monoisotopic (exact) mass is 295 g/mol. The Morgan fingerprint density at radius 1 is 1.45 bits per heavy atom. The van der Waals surface area contributed by atoms with E-state index in [4.69, 9.17) is 4.74 Å². The van der Waals surface area contributed by atoms with E-state index < -0.39 is 18.3 Å². The minimum absolute atomic E-state index is 0.228. The van der Waals surface area contributed by atoms with Gasteiger partial charge in [0.25, 0.3) is 0 Å². The third-order valence-electron chi connectivity index (χ3n) is 3.58. The number of pyridine rings is 1. The average molecular weight is 295 g/mol. The molecule has 3 N–H and O–H groups in total. The molecule has 2 saturated heterocycles. The minimum atomic E-state index is -0.930. The van der Waals surface area contributed by atoms with Gasteiger partial charge in [-0.25, -0.2) is 0 Å². The van der Waals surface area contributed by atoms with Crippen molar-refractivity contribution in [2.24, 2.45) is 4.99 Å². The van der Waals surface area contributed by atoms with Crippen molar-refractivity contribution in [1.29, 1.82) is 0 Å². The van der Waals surface area contributed by atoms with Gasteiger partial charge in [0, 0.05) is 25.9 Å². The van der Waals surface area contributed by atoms with Crippen molar-refractivity contribution in [2.75, 3.05) is 7.05 Å². The number of aromatic nitrogens is 1. The summed E-state index contributed by atoms with van der Waals surface area (Å²) in [4.78, 5) is 8.12. The highest BCUT2D eigenvalue weighted by Gasteiger charge is 2.48. The number of hydrogen-bond donors (Lipinski definition) is 3. The molecule has 0 unspecified atom stereocenters. The van der Waals surface area contributed by atoms with Crippen molar-refractivity contribution < 1.29 is 14.9 Å². The van der Waals surface area contributed by atoms with Gasteiger partial charge in [-0.3, -0.25) is 9.98 Å². The van der Waals surface area contributed by atoms with Gasteiger partial charge in [0.15, 0.2) is 5.17 Å². The van der Waals surface area contributed by atoms with Gasteiger partial charge in [-0.15, -0.1) is 0 Å². The Labute approximate surface area is 121 Å². The van der Waals surface area contributed by atoms with Crippen molar-refractivity contribution in [2.45, 2.75) is 36.2 Å². The molecule has 1 aromatic rings. The number of nitrogens with zero attached hydrogens (tertiary/aromatic N) is 2. The van der Waals surface area contributed by atoms with Crippen LogP contribution in [-0.4, -0.2) is 57.2 Å². The van der Waals surface area contributed by atoms with E-state index in [1.165, 1.54) is 11.8 Å². The fourth-order valence-corrected chi connectivity index (χ4v) is 3.61. The Hall–Kier alpha value is -1.15. The van der Waals surface area contributed by atoms with E-state index in [1.807, 2.05) is 12.1 Å². The first-order valence-electron chi connectivity index (χ1n) is 6.49. The second-order valence-corrected chi connectivity index (χ2v) is 5.99. The van der Waals surface area contributed by atoms with Crippen LogP contribution in [0.15, 0.2) is 29.5 Å². The molecule has 6 nitrogen and oxygen atoms in total. The molecule has 1 aromatic heterocycles. The standard InChI is InChI=1S/C13H17N3O3S/c1-14-13-16-9-11(18)10(17)8(19-12(9)20-13)5-7-3-2-4-15-6-7/h2-4,6,8-12,17-18H,5H2,1H3,(H,14,16)/t8-,9-,10-,11-,12-/m1/s1. The van der Waals surface area contributed by atoms with E-state index in [1.54, 1.807) is 19.4 Å². The number of aliphatic hydroxyl groups excluding tert-OH is 2. The molecule has 0 amide bonds. The van der Waals surface area contributed by atoms with Crippen LogP contribution in [0.2, 0.25) is 0 Å². The lowest BCUT2D eigenvalue weighted by molar-refractivity contribution is -0.155. The summed E-state index contributed by atoms with van der Waals surface area (Å²) < 4.78 is 5.91. The molecule has 108 valence electrons. The molecule has 7 heteroatoms. The van der Waals surface area contributed by atoms with Crippen LogP contribution in [0.1, 0.15) is 5.56 Å². The first-order chi connectivity index (χ1) is 9.69. The quantitative estimate of drug-likeness (QED) is 0.698. The first kappa shape index (κ1) is 13.8. The number of aliphatic imine (C=N–C) groups is 1. The Bertz CT molecular complexity index is 499. The molecule has 2 aliphatic heterocycles.